The SMILES string of the molecule is CCCCN(CCCC)CCCN1C(=O)C(=O)/C(=C(/O)c2ccc(F)cc2)C1c1cccc(O)c1. The normalized spacial score (nSPS) is 17.5. The summed E-state index contributed by atoms with van der Waals surface area (Å²) in [6.07, 6.45) is 5.10. The van der Waals surface area contributed by atoms with E-state index in [1.807, 2.05) is 0 Å². The average molecular weight is 483 g/mol. The van der Waals surface area contributed by atoms with Crippen LogP contribution in [0.15, 0.2) is 54.1 Å². The molecule has 1 saturated heterocycles. The van der Waals surface area contributed by atoms with E-state index in [9.17, 15) is 24.2 Å². The number of halogens is 1. The molecule has 6 nitrogen and oxygen atoms in total. The van der Waals surface area contributed by atoms with Crippen LogP contribution in [0.25, 0.3) is 5.76 Å². The molecule has 2 aromatic carbocycles. The minimum atomic E-state index is -0.841. The van der Waals surface area contributed by atoms with E-state index >= 15 is 0 Å². The molecule has 1 unspecified atom stereocenters. The topological polar surface area (TPSA) is 81.1 Å². The maximum absolute atomic E-state index is 13.4. The molecule has 2 N–H and O–H groups in total. The van der Waals surface area contributed by atoms with Crippen LogP contribution >= 0.6 is 0 Å². The number of hydrogen-bond donors (Lipinski definition) is 2. The van der Waals surface area contributed by atoms with Crippen molar-refractivity contribution in [3.05, 3.63) is 71.0 Å². The number of ketones is 1. The average Bonchev–Trinajstić information content (AvgIpc) is 3.10. The second-order valence-corrected chi connectivity index (χ2v) is 9.00. The van der Waals surface area contributed by atoms with Gasteiger partial charge in [-0.2, -0.15) is 0 Å². The molecule has 3 rings (SSSR count). The third-order valence-corrected chi connectivity index (χ3v) is 6.37. The van der Waals surface area contributed by atoms with Gasteiger partial charge in [0.1, 0.15) is 17.3 Å². The summed E-state index contributed by atoms with van der Waals surface area (Å²) in [6, 6.07) is 10.6. The first-order valence-electron chi connectivity index (χ1n) is 12.4. The van der Waals surface area contributed by atoms with Crippen molar-refractivity contribution in [1.82, 2.24) is 9.80 Å². The molecular formula is C28H35FN2O4. The fourth-order valence-electron chi connectivity index (χ4n) is 4.48. The molecule has 0 bridgehead atoms. The number of likely N-dealkylation sites (tertiary alicyclic amines) is 1. The van der Waals surface area contributed by atoms with Crippen LogP contribution in [0.5, 0.6) is 5.75 Å². The quantitative estimate of drug-likeness (QED) is 0.246. The Morgan fingerprint density at radius 2 is 1.60 bits per heavy atom. The van der Waals surface area contributed by atoms with Crippen molar-refractivity contribution in [2.45, 2.75) is 52.0 Å². The van der Waals surface area contributed by atoms with Gasteiger partial charge in [0, 0.05) is 12.1 Å². The van der Waals surface area contributed by atoms with Gasteiger partial charge in [0.2, 0.25) is 0 Å². The van der Waals surface area contributed by atoms with Crippen molar-refractivity contribution >= 4 is 17.4 Å². The molecule has 0 aliphatic carbocycles. The smallest absolute Gasteiger partial charge is 0.295 e. The van der Waals surface area contributed by atoms with Gasteiger partial charge in [-0.05, 0) is 80.9 Å². The minimum Gasteiger partial charge on any atom is -0.508 e. The summed E-state index contributed by atoms with van der Waals surface area (Å²) in [4.78, 5) is 30.0. The van der Waals surface area contributed by atoms with E-state index in [2.05, 4.69) is 18.7 Å². The maximum atomic E-state index is 13.4. The first-order chi connectivity index (χ1) is 16.9. The molecule has 1 heterocycles. The number of aromatic hydroxyl groups is 1. The molecule has 7 heteroatoms. The number of phenols is 1. The number of carbonyl (C=O) groups excluding carboxylic acids is 2. The number of phenolic OH excluding ortho intramolecular Hbond substituents is 1. The molecule has 35 heavy (non-hydrogen) atoms. The number of nitrogens with zero attached hydrogens (tertiary/aromatic N) is 2. The predicted octanol–water partition coefficient (Wildman–Crippen LogP) is 5.25. The van der Waals surface area contributed by atoms with Crippen LogP contribution in [0.4, 0.5) is 4.39 Å². The molecule has 1 fully saturated rings. The summed E-state index contributed by atoms with van der Waals surface area (Å²) >= 11 is 0. The van der Waals surface area contributed by atoms with E-state index in [1.165, 1.54) is 41.3 Å². The van der Waals surface area contributed by atoms with Crippen LogP contribution in [-0.4, -0.2) is 57.9 Å². The third-order valence-electron chi connectivity index (χ3n) is 6.37. The number of aliphatic hydroxyl groups excluding tert-OH is 1. The molecule has 1 atom stereocenters. The van der Waals surface area contributed by atoms with Crippen molar-refractivity contribution in [3.63, 3.8) is 0 Å². The number of carbonyl (C=O) groups is 2. The number of amides is 1. The highest BCUT2D eigenvalue weighted by Crippen LogP contribution is 2.40. The number of hydrogen-bond acceptors (Lipinski definition) is 5. The molecule has 1 amide bonds. The van der Waals surface area contributed by atoms with Crippen molar-refractivity contribution in [2.75, 3.05) is 26.2 Å². The molecule has 188 valence electrons. The number of Topliss-reactive ketones (excluding diaryl/α,β-unsaturated/α-hetero) is 1. The number of unbranched alkanes of at least 4 members (excludes halogenated alkanes) is 2. The lowest BCUT2D eigenvalue weighted by molar-refractivity contribution is -0.140. The number of aliphatic hydroxyl groups is 1. The Hall–Kier alpha value is -3.19. The molecule has 1 aliphatic rings. The van der Waals surface area contributed by atoms with Gasteiger partial charge in [0.15, 0.2) is 0 Å². The van der Waals surface area contributed by atoms with Crippen LogP contribution in [-0.2, 0) is 9.59 Å². The van der Waals surface area contributed by atoms with Crippen molar-refractivity contribution in [3.8, 4) is 5.75 Å². The fraction of sp³-hybridized carbons (Fsp3) is 0.429. The lowest BCUT2D eigenvalue weighted by atomic mass is 9.95. The Balaban J connectivity index is 1.91. The summed E-state index contributed by atoms with van der Waals surface area (Å²) in [5.41, 5.74) is 0.725. The van der Waals surface area contributed by atoms with E-state index < -0.39 is 23.5 Å². The van der Waals surface area contributed by atoms with Gasteiger partial charge < -0.3 is 20.0 Å². The van der Waals surface area contributed by atoms with Crippen molar-refractivity contribution in [1.29, 1.82) is 0 Å². The molecule has 0 saturated carbocycles. The molecular weight excluding hydrogens is 447 g/mol. The Labute approximate surface area is 206 Å². The maximum Gasteiger partial charge on any atom is 0.295 e. The van der Waals surface area contributed by atoms with Crippen LogP contribution in [0.2, 0.25) is 0 Å². The van der Waals surface area contributed by atoms with Gasteiger partial charge in [0.25, 0.3) is 11.7 Å². The van der Waals surface area contributed by atoms with Crippen LogP contribution in [0, 0.1) is 5.82 Å². The number of benzene rings is 2. The Morgan fingerprint density at radius 1 is 0.971 bits per heavy atom. The fourth-order valence-corrected chi connectivity index (χ4v) is 4.48. The van der Waals surface area contributed by atoms with Gasteiger partial charge >= 0.3 is 0 Å². The molecule has 2 aromatic rings. The lowest BCUT2D eigenvalue weighted by Crippen LogP contribution is -2.34. The zero-order valence-corrected chi connectivity index (χ0v) is 20.5. The second kappa shape index (κ2) is 12.5. The summed E-state index contributed by atoms with van der Waals surface area (Å²) < 4.78 is 13.4. The van der Waals surface area contributed by atoms with E-state index in [-0.39, 0.29) is 22.6 Å². The lowest BCUT2D eigenvalue weighted by Gasteiger charge is -2.27. The monoisotopic (exact) mass is 482 g/mol. The largest absolute Gasteiger partial charge is 0.508 e. The molecule has 0 aromatic heterocycles. The first-order valence-corrected chi connectivity index (χ1v) is 12.4. The van der Waals surface area contributed by atoms with Crippen LogP contribution in [0.3, 0.4) is 0 Å². The van der Waals surface area contributed by atoms with Crippen molar-refractivity contribution < 1.29 is 24.2 Å². The van der Waals surface area contributed by atoms with E-state index in [4.69, 9.17) is 0 Å². The summed E-state index contributed by atoms with van der Waals surface area (Å²) in [6.45, 7) is 7.45. The summed E-state index contributed by atoms with van der Waals surface area (Å²) in [5, 5.41) is 21.1. The van der Waals surface area contributed by atoms with Crippen molar-refractivity contribution in [2.24, 2.45) is 0 Å². The van der Waals surface area contributed by atoms with Gasteiger partial charge in [-0.25, -0.2) is 4.39 Å². The molecule has 0 radical (unpaired) electrons. The highest BCUT2D eigenvalue weighted by Gasteiger charge is 2.45. The minimum absolute atomic E-state index is 0.000163. The van der Waals surface area contributed by atoms with Crippen LogP contribution in [0.1, 0.15) is 63.1 Å². The zero-order valence-electron chi connectivity index (χ0n) is 20.5. The van der Waals surface area contributed by atoms with Gasteiger partial charge in [-0.3, -0.25) is 9.59 Å². The highest BCUT2D eigenvalue weighted by molar-refractivity contribution is 6.46. The predicted molar refractivity (Wildman–Crippen MR) is 134 cm³/mol. The standard InChI is InChI=1S/C28H35FN2O4/c1-3-5-15-30(16-6-4-2)17-8-18-31-25(21-9-7-10-23(32)19-21)24(27(34)28(31)35)26(33)20-11-13-22(29)14-12-20/h7,9-14,19,25,32-33H,3-6,8,15-18H2,1-2H3/b26-24+. The van der Waals surface area contributed by atoms with E-state index in [0.717, 1.165) is 45.3 Å². The van der Waals surface area contributed by atoms with Crippen LogP contribution < -0.4 is 0 Å². The zero-order chi connectivity index (χ0) is 25.4. The summed E-state index contributed by atoms with van der Waals surface area (Å²) in [5.74, 6) is -2.29. The molecule has 0 spiro atoms. The molecule has 1 aliphatic heterocycles. The Bertz CT molecular complexity index is 1040. The van der Waals surface area contributed by atoms with E-state index in [0.29, 0.717) is 18.5 Å². The number of rotatable bonds is 12. The Morgan fingerprint density at radius 3 is 2.20 bits per heavy atom. The third kappa shape index (κ3) is 6.48. The highest BCUT2D eigenvalue weighted by atomic mass is 19.1. The van der Waals surface area contributed by atoms with Gasteiger partial charge in [-0.15, -0.1) is 0 Å². The first kappa shape index (κ1) is 26.4. The Kier molecular flexibility index (Phi) is 9.43. The van der Waals surface area contributed by atoms with Gasteiger partial charge in [0.05, 0.1) is 11.6 Å². The van der Waals surface area contributed by atoms with Gasteiger partial charge in [-0.1, -0.05) is 38.8 Å². The van der Waals surface area contributed by atoms with E-state index in [1.54, 1.807) is 12.1 Å². The second-order valence-electron chi connectivity index (χ2n) is 9.00. The summed E-state index contributed by atoms with van der Waals surface area (Å²) in [7, 11) is 0.